The molecule has 0 aromatic carbocycles. The van der Waals surface area contributed by atoms with Crippen molar-refractivity contribution >= 4 is 5.82 Å². The minimum absolute atomic E-state index is 0.220. The van der Waals surface area contributed by atoms with Gasteiger partial charge in [-0.3, -0.25) is 9.88 Å². The number of rotatable bonds is 4. The van der Waals surface area contributed by atoms with E-state index < -0.39 is 0 Å². The van der Waals surface area contributed by atoms with E-state index in [4.69, 9.17) is 5.11 Å². The van der Waals surface area contributed by atoms with Crippen molar-refractivity contribution in [1.29, 1.82) is 0 Å². The molecule has 3 rings (SSSR count). The number of pyridine rings is 1. The van der Waals surface area contributed by atoms with Gasteiger partial charge >= 0.3 is 0 Å². The summed E-state index contributed by atoms with van der Waals surface area (Å²) in [6.45, 7) is 6.63. The van der Waals surface area contributed by atoms with E-state index in [0.29, 0.717) is 0 Å². The molecule has 1 saturated heterocycles. The van der Waals surface area contributed by atoms with Crippen LogP contribution in [-0.4, -0.2) is 64.3 Å². The van der Waals surface area contributed by atoms with Crippen molar-refractivity contribution in [3.8, 4) is 11.3 Å². The van der Waals surface area contributed by atoms with Crippen LogP contribution in [0.3, 0.4) is 0 Å². The summed E-state index contributed by atoms with van der Waals surface area (Å²) in [5, 5.41) is 9.02. The van der Waals surface area contributed by atoms with Crippen molar-refractivity contribution in [2.75, 3.05) is 44.2 Å². The van der Waals surface area contributed by atoms with Gasteiger partial charge in [0.1, 0.15) is 11.6 Å². The van der Waals surface area contributed by atoms with Gasteiger partial charge in [0.15, 0.2) is 0 Å². The van der Waals surface area contributed by atoms with Crippen molar-refractivity contribution in [2.45, 2.75) is 6.92 Å². The Balaban J connectivity index is 1.79. The Bertz CT molecular complexity index is 611. The van der Waals surface area contributed by atoms with E-state index in [-0.39, 0.29) is 6.61 Å². The van der Waals surface area contributed by atoms with Crippen LogP contribution in [-0.2, 0) is 0 Å². The highest BCUT2D eigenvalue weighted by Gasteiger charge is 2.18. The van der Waals surface area contributed by atoms with Gasteiger partial charge in [-0.2, -0.15) is 0 Å². The summed E-state index contributed by atoms with van der Waals surface area (Å²) in [6.07, 6.45) is 3.59. The number of aliphatic hydroxyl groups excluding tert-OH is 1. The Morgan fingerprint density at radius 3 is 2.68 bits per heavy atom. The topological polar surface area (TPSA) is 65.4 Å². The second-order valence-electron chi connectivity index (χ2n) is 5.45. The van der Waals surface area contributed by atoms with Gasteiger partial charge < -0.3 is 10.0 Å². The zero-order valence-corrected chi connectivity index (χ0v) is 12.8. The number of aromatic nitrogens is 3. The second-order valence-corrected chi connectivity index (χ2v) is 5.45. The lowest BCUT2D eigenvalue weighted by atomic mass is 10.2. The molecule has 0 aliphatic carbocycles. The zero-order chi connectivity index (χ0) is 15.4. The molecule has 1 fully saturated rings. The Morgan fingerprint density at radius 1 is 1.18 bits per heavy atom. The van der Waals surface area contributed by atoms with Crippen molar-refractivity contribution in [3.05, 3.63) is 36.4 Å². The fourth-order valence-corrected chi connectivity index (χ4v) is 2.72. The summed E-state index contributed by atoms with van der Waals surface area (Å²) in [7, 11) is 0. The normalized spacial score (nSPS) is 16.0. The molecule has 22 heavy (non-hydrogen) atoms. The molecule has 2 aromatic rings. The number of hydrogen-bond acceptors (Lipinski definition) is 6. The number of piperazine rings is 1. The minimum Gasteiger partial charge on any atom is -0.395 e. The predicted molar refractivity (Wildman–Crippen MR) is 85.7 cm³/mol. The SMILES string of the molecule is Cc1nc(-c2cccnc2)cc(N2CCN(CCO)CC2)n1. The first-order valence-electron chi connectivity index (χ1n) is 7.60. The second kappa shape index (κ2) is 6.81. The van der Waals surface area contributed by atoms with E-state index in [0.717, 1.165) is 55.6 Å². The lowest BCUT2D eigenvalue weighted by Crippen LogP contribution is -2.47. The molecule has 0 radical (unpaired) electrons. The minimum atomic E-state index is 0.220. The van der Waals surface area contributed by atoms with E-state index in [1.807, 2.05) is 31.3 Å². The molecule has 0 unspecified atom stereocenters. The summed E-state index contributed by atoms with van der Waals surface area (Å²) in [5.74, 6) is 1.74. The molecule has 1 aliphatic rings. The quantitative estimate of drug-likeness (QED) is 0.907. The molecular formula is C16H21N5O. The standard InChI is InChI=1S/C16H21N5O/c1-13-18-15(14-3-2-4-17-12-14)11-16(19-13)21-7-5-20(6-8-21)9-10-22/h2-4,11-12,22H,5-10H2,1H3. The number of aryl methyl sites for hydroxylation is 1. The van der Waals surface area contributed by atoms with E-state index in [2.05, 4.69) is 24.8 Å². The summed E-state index contributed by atoms with van der Waals surface area (Å²) in [6, 6.07) is 5.96. The maximum Gasteiger partial charge on any atom is 0.132 e. The molecule has 6 heteroatoms. The van der Waals surface area contributed by atoms with Gasteiger partial charge in [0, 0.05) is 56.7 Å². The molecule has 0 saturated carbocycles. The van der Waals surface area contributed by atoms with Gasteiger partial charge in [0.05, 0.1) is 12.3 Å². The third-order valence-corrected chi connectivity index (χ3v) is 3.89. The summed E-state index contributed by atoms with van der Waals surface area (Å²) in [5.41, 5.74) is 1.92. The van der Waals surface area contributed by atoms with Crippen LogP contribution < -0.4 is 4.90 Å². The highest BCUT2D eigenvalue weighted by atomic mass is 16.3. The van der Waals surface area contributed by atoms with E-state index in [9.17, 15) is 0 Å². The van der Waals surface area contributed by atoms with Crippen molar-refractivity contribution in [1.82, 2.24) is 19.9 Å². The van der Waals surface area contributed by atoms with Crippen molar-refractivity contribution in [2.24, 2.45) is 0 Å². The van der Waals surface area contributed by atoms with Crippen LogP contribution in [0.4, 0.5) is 5.82 Å². The number of nitrogens with zero attached hydrogens (tertiary/aromatic N) is 5. The fourth-order valence-electron chi connectivity index (χ4n) is 2.72. The van der Waals surface area contributed by atoms with Gasteiger partial charge in [0.25, 0.3) is 0 Å². The van der Waals surface area contributed by atoms with E-state index in [1.54, 1.807) is 6.20 Å². The first-order chi connectivity index (χ1) is 10.8. The molecule has 0 atom stereocenters. The summed E-state index contributed by atoms with van der Waals surface area (Å²) >= 11 is 0. The Morgan fingerprint density at radius 2 is 2.00 bits per heavy atom. The number of aliphatic hydroxyl groups is 1. The molecule has 3 heterocycles. The average Bonchev–Trinajstić information content (AvgIpc) is 2.56. The summed E-state index contributed by atoms with van der Waals surface area (Å²) < 4.78 is 0. The molecule has 1 N–H and O–H groups in total. The average molecular weight is 299 g/mol. The van der Waals surface area contributed by atoms with Crippen LogP contribution in [0.25, 0.3) is 11.3 Å². The van der Waals surface area contributed by atoms with Crippen LogP contribution in [0.2, 0.25) is 0 Å². The molecule has 0 spiro atoms. The number of β-amino-alcohol motifs (C(OH)–C–C–N with tert-alkyl or cyclic N) is 1. The van der Waals surface area contributed by atoms with Crippen LogP contribution in [0.1, 0.15) is 5.82 Å². The van der Waals surface area contributed by atoms with Crippen molar-refractivity contribution in [3.63, 3.8) is 0 Å². The Hall–Kier alpha value is -2.05. The van der Waals surface area contributed by atoms with Crippen LogP contribution in [0, 0.1) is 6.92 Å². The highest BCUT2D eigenvalue weighted by molar-refractivity contribution is 5.62. The Kier molecular flexibility index (Phi) is 4.60. The lowest BCUT2D eigenvalue weighted by molar-refractivity contribution is 0.188. The fraction of sp³-hybridized carbons (Fsp3) is 0.438. The van der Waals surface area contributed by atoms with Gasteiger partial charge in [-0.15, -0.1) is 0 Å². The van der Waals surface area contributed by atoms with Gasteiger partial charge in [-0.1, -0.05) is 0 Å². The van der Waals surface area contributed by atoms with Gasteiger partial charge in [0.2, 0.25) is 0 Å². The first kappa shape index (κ1) is 14.9. The van der Waals surface area contributed by atoms with Crippen LogP contribution in [0.15, 0.2) is 30.6 Å². The molecular weight excluding hydrogens is 278 g/mol. The predicted octanol–water partition coefficient (Wildman–Crippen LogP) is 0.961. The van der Waals surface area contributed by atoms with E-state index in [1.165, 1.54) is 0 Å². The maximum atomic E-state index is 9.02. The number of hydrogen-bond donors (Lipinski definition) is 1. The lowest BCUT2D eigenvalue weighted by Gasteiger charge is -2.35. The molecule has 0 bridgehead atoms. The largest absolute Gasteiger partial charge is 0.395 e. The molecule has 6 nitrogen and oxygen atoms in total. The molecule has 0 amide bonds. The third kappa shape index (κ3) is 3.40. The Labute approximate surface area is 130 Å². The molecule has 2 aromatic heterocycles. The molecule has 116 valence electrons. The van der Waals surface area contributed by atoms with Gasteiger partial charge in [-0.25, -0.2) is 9.97 Å². The van der Waals surface area contributed by atoms with Crippen molar-refractivity contribution < 1.29 is 5.11 Å². The summed E-state index contributed by atoms with van der Waals surface area (Å²) in [4.78, 5) is 17.8. The van der Waals surface area contributed by atoms with Crippen LogP contribution in [0.5, 0.6) is 0 Å². The first-order valence-corrected chi connectivity index (χ1v) is 7.60. The third-order valence-electron chi connectivity index (χ3n) is 3.89. The maximum absolute atomic E-state index is 9.02. The smallest absolute Gasteiger partial charge is 0.132 e. The monoisotopic (exact) mass is 299 g/mol. The van der Waals surface area contributed by atoms with Crippen LogP contribution >= 0.6 is 0 Å². The van der Waals surface area contributed by atoms with Gasteiger partial charge in [-0.05, 0) is 19.1 Å². The molecule has 1 aliphatic heterocycles. The van der Waals surface area contributed by atoms with E-state index >= 15 is 0 Å². The zero-order valence-electron chi connectivity index (χ0n) is 12.8. The number of anilines is 1. The highest BCUT2D eigenvalue weighted by Crippen LogP contribution is 2.22.